The van der Waals surface area contributed by atoms with Gasteiger partial charge in [0, 0.05) is 68.1 Å². The smallest absolute Gasteiger partial charge is 0.225 e. The number of para-hydroxylation sites is 1. The lowest BCUT2D eigenvalue weighted by molar-refractivity contribution is -0.116. The number of nitrogens with zero attached hydrogens (tertiary/aromatic N) is 4. The number of piperazine rings is 1. The van der Waals surface area contributed by atoms with Crippen LogP contribution >= 0.6 is 0 Å². The first-order valence-electron chi connectivity index (χ1n) is 11.8. The van der Waals surface area contributed by atoms with Crippen molar-refractivity contribution in [3.05, 3.63) is 72.2 Å². The van der Waals surface area contributed by atoms with Crippen LogP contribution in [0.4, 0.5) is 11.5 Å². The second-order valence-corrected chi connectivity index (χ2v) is 8.92. The third kappa shape index (κ3) is 5.96. The topological polar surface area (TPSA) is 61.4 Å². The van der Waals surface area contributed by atoms with Crippen LogP contribution in [0.1, 0.15) is 37.7 Å². The number of aryl methyl sites for hydroxylation is 1. The minimum atomic E-state index is 0.0498. The summed E-state index contributed by atoms with van der Waals surface area (Å²) in [5, 5.41) is 3.11. The maximum absolute atomic E-state index is 12.7. The maximum Gasteiger partial charge on any atom is 0.225 e. The number of anilines is 2. The molecular weight excluding hydrogens is 410 g/mol. The molecule has 1 saturated heterocycles. The molecule has 0 saturated carbocycles. The zero-order valence-electron chi connectivity index (χ0n) is 19.8. The van der Waals surface area contributed by atoms with E-state index in [1.807, 2.05) is 49.4 Å². The van der Waals surface area contributed by atoms with Gasteiger partial charge in [0.05, 0.1) is 0 Å². The van der Waals surface area contributed by atoms with E-state index in [4.69, 9.17) is 4.98 Å². The molecule has 1 N–H and O–H groups in total. The highest BCUT2D eigenvalue weighted by Crippen LogP contribution is 2.27. The Labute approximate surface area is 196 Å². The lowest BCUT2D eigenvalue weighted by atomic mass is 10.0. The van der Waals surface area contributed by atoms with Gasteiger partial charge >= 0.3 is 0 Å². The highest BCUT2D eigenvalue weighted by Gasteiger charge is 2.20. The van der Waals surface area contributed by atoms with Crippen molar-refractivity contribution >= 4 is 17.4 Å². The largest absolute Gasteiger partial charge is 0.354 e. The van der Waals surface area contributed by atoms with Gasteiger partial charge in [-0.1, -0.05) is 62.4 Å². The predicted molar refractivity (Wildman–Crippen MR) is 135 cm³/mol. The number of hydrogen-bond acceptors (Lipinski definition) is 5. The molecule has 0 aliphatic carbocycles. The minimum absolute atomic E-state index is 0.0498. The first kappa shape index (κ1) is 22.9. The van der Waals surface area contributed by atoms with E-state index in [1.165, 1.54) is 0 Å². The number of carbonyl (C=O) groups is 1. The first-order chi connectivity index (χ1) is 16.0. The van der Waals surface area contributed by atoms with Gasteiger partial charge < -0.3 is 10.2 Å². The van der Waals surface area contributed by atoms with Crippen LogP contribution in [0.15, 0.2) is 60.7 Å². The predicted octanol–water partition coefficient (Wildman–Crippen LogP) is 4.73. The molecule has 1 aliphatic heterocycles. The summed E-state index contributed by atoms with van der Waals surface area (Å²) in [5.74, 6) is 2.28. The molecule has 0 spiro atoms. The Morgan fingerprint density at radius 2 is 1.67 bits per heavy atom. The third-order valence-corrected chi connectivity index (χ3v) is 6.01. The van der Waals surface area contributed by atoms with E-state index < -0.39 is 0 Å². The number of rotatable bonds is 7. The van der Waals surface area contributed by atoms with Gasteiger partial charge in [-0.05, 0) is 18.6 Å². The number of nitrogens with one attached hydrogen (secondary N) is 1. The molecule has 0 unspecified atom stereocenters. The normalized spacial score (nSPS) is 14.5. The van der Waals surface area contributed by atoms with Gasteiger partial charge in [0.1, 0.15) is 11.6 Å². The lowest BCUT2D eigenvalue weighted by Gasteiger charge is -2.35. The molecule has 6 heteroatoms. The van der Waals surface area contributed by atoms with Crippen LogP contribution in [-0.4, -0.2) is 53.5 Å². The second kappa shape index (κ2) is 10.6. The van der Waals surface area contributed by atoms with Gasteiger partial charge in [0.2, 0.25) is 5.91 Å². The third-order valence-electron chi connectivity index (χ3n) is 6.01. The standard InChI is InChI=1S/C27H33N5O/c1-20(2)27-28-21(3)19-25(30-27)32-17-15-31(16-18-32)14-13-26(33)29-24-12-8-7-11-23(24)22-9-5-4-6-10-22/h4-12,19-20H,13-18H2,1-3H3,(H,29,33). The van der Waals surface area contributed by atoms with Crippen LogP contribution in [-0.2, 0) is 4.79 Å². The van der Waals surface area contributed by atoms with E-state index in [9.17, 15) is 4.79 Å². The summed E-state index contributed by atoms with van der Waals surface area (Å²) >= 11 is 0. The molecule has 1 aromatic heterocycles. The Balaban J connectivity index is 1.29. The summed E-state index contributed by atoms with van der Waals surface area (Å²) in [5.41, 5.74) is 4.02. The minimum Gasteiger partial charge on any atom is -0.354 e. The van der Waals surface area contributed by atoms with Crippen LogP contribution in [0.5, 0.6) is 0 Å². The van der Waals surface area contributed by atoms with Crippen molar-refractivity contribution in [1.82, 2.24) is 14.9 Å². The highest BCUT2D eigenvalue weighted by molar-refractivity contribution is 5.95. The molecular formula is C27H33N5O. The fraction of sp³-hybridized carbons (Fsp3) is 0.370. The molecule has 0 radical (unpaired) electrons. The molecule has 172 valence electrons. The van der Waals surface area contributed by atoms with Gasteiger partial charge in [-0.3, -0.25) is 9.69 Å². The van der Waals surface area contributed by atoms with Gasteiger partial charge in [0.25, 0.3) is 0 Å². The van der Waals surface area contributed by atoms with Crippen molar-refractivity contribution in [2.75, 3.05) is 42.9 Å². The fourth-order valence-electron chi connectivity index (χ4n) is 4.13. The van der Waals surface area contributed by atoms with Crippen molar-refractivity contribution in [3.8, 4) is 11.1 Å². The van der Waals surface area contributed by atoms with E-state index in [-0.39, 0.29) is 5.91 Å². The second-order valence-electron chi connectivity index (χ2n) is 8.92. The van der Waals surface area contributed by atoms with Gasteiger partial charge in [-0.15, -0.1) is 0 Å². The Morgan fingerprint density at radius 1 is 0.970 bits per heavy atom. The Morgan fingerprint density at radius 3 is 2.39 bits per heavy atom. The molecule has 1 fully saturated rings. The molecule has 4 rings (SSSR count). The van der Waals surface area contributed by atoms with Crippen molar-refractivity contribution in [2.24, 2.45) is 0 Å². The summed E-state index contributed by atoms with van der Waals surface area (Å²) in [6, 6.07) is 20.2. The molecule has 0 atom stereocenters. The van der Waals surface area contributed by atoms with E-state index in [0.717, 1.165) is 66.9 Å². The van der Waals surface area contributed by atoms with Gasteiger partial charge in [-0.2, -0.15) is 0 Å². The van der Waals surface area contributed by atoms with Crippen LogP contribution in [0.3, 0.4) is 0 Å². The molecule has 33 heavy (non-hydrogen) atoms. The van der Waals surface area contributed by atoms with Crippen LogP contribution in [0, 0.1) is 6.92 Å². The van der Waals surface area contributed by atoms with E-state index >= 15 is 0 Å². The number of benzene rings is 2. The monoisotopic (exact) mass is 443 g/mol. The zero-order chi connectivity index (χ0) is 23.2. The first-order valence-corrected chi connectivity index (χ1v) is 11.8. The SMILES string of the molecule is Cc1cc(N2CCN(CCC(=O)Nc3ccccc3-c3ccccc3)CC2)nc(C(C)C)n1. The summed E-state index contributed by atoms with van der Waals surface area (Å²) in [6.07, 6.45) is 0.479. The van der Waals surface area contributed by atoms with Gasteiger partial charge in [-0.25, -0.2) is 9.97 Å². The zero-order valence-corrected chi connectivity index (χ0v) is 19.8. The van der Waals surface area contributed by atoms with Crippen LogP contribution in [0.25, 0.3) is 11.1 Å². The Bertz CT molecular complexity index is 1070. The Hall–Kier alpha value is -3.25. The maximum atomic E-state index is 12.7. The van der Waals surface area contributed by atoms with E-state index in [0.29, 0.717) is 12.3 Å². The van der Waals surface area contributed by atoms with Crippen molar-refractivity contribution in [1.29, 1.82) is 0 Å². The van der Waals surface area contributed by atoms with Crippen molar-refractivity contribution < 1.29 is 4.79 Å². The van der Waals surface area contributed by atoms with Crippen LogP contribution < -0.4 is 10.2 Å². The number of carbonyl (C=O) groups excluding carboxylic acids is 1. The molecule has 6 nitrogen and oxygen atoms in total. The van der Waals surface area contributed by atoms with Crippen molar-refractivity contribution in [3.63, 3.8) is 0 Å². The Kier molecular flexibility index (Phi) is 7.35. The van der Waals surface area contributed by atoms with Gasteiger partial charge in [0.15, 0.2) is 0 Å². The fourth-order valence-corrected chi connectivity index (χ4v) is 4.13. The molecule has 2 aromatic carbocycles. The lowest BCUT2D eigenvalue weighted by Crippen LogP contribution is -2.47. The molecule has 3 aromatic rings. The van der Waals surface area contributed by atoms with Crippen molar-refractivity contribution in [2.45, 2.75) is 33.1 Å². The quantitative estimate of drug-likeness (QED) is 0.572. The summed E-state index contributed by atoms with van der Waals surface area (Å²) in [7, 11) is 0. The summed E-state index contributed by atoms with van der Waals surface area (Å²) < 4.78 is 0. The van der Waals surface area contributed by atoms with E-state index in [1.54, 1.807) is 0 Å². The summed E-state index contributed by atoms with van der Waals surface area (Å²) in [6.45, 7) is 10.7. The number of aromatic nitrogens is 2. The molecule has 2 heterocycles. The number of amides is 1. The van der Waals surface area contributed by atoms with E-state index in [2.05, 4.69) is 52.1 Å². The average Bonchev–Trinajstić information content (AvgIpc) is 2.83. The molecule has 1 amide bonds. The average molecular weight is 444 g/mol. The number of hydrogen-bond donors (Lipinski definition) is 1. The molecule has 0 bridgehead atoms. The highest BCUT2D eigenvalue weighted by atomic mass is 16.1. The molecule has 1 aliphatic rings. The summed E-state index contributed by atoms with van der Waals surface area (Å²) in [4.78, 5) is 26.7. The van der Waals surface area contributed by atoms with Crippen LogP contribution in [0.2, 0.25) is 0 Å².